The fourth-order valence-corrected chi connectivity index (χ4v) is 1.46. The number of methoxy groups -OCH3 is 1. The van der Waals surface area contributed by atoms with Gasteiger partial charge in [-0.1, -0.05) is 6.07 Å². The molecule has 0 aliphatic carbocycles. The zero-order valence-electron chi connectivity index (χ0n) is 11.2. The van der Waals surface area contributed by atoms with E-state index in [4.69, 9.17) is 4.74 Å². The Morgan fingerprint density at radius 3 is 2.68 bits per heavy atom. The van der Waals surface area contributed by atoms with E-state index in [2.05, 4.69) is 10.6 Å². The number of halogens is 2. The van der Waals surface area contributed by atoms with Crippen molar-refractivity contribution in [3.63, 3.8) is 0 Å². The highest BCUT2D eigenvalue weighted by Crippen LogP contribution is 2.09. The minimum Gasteiger partial charge on any atom is -0.383 e. The van der Waals surface area contributed by atoms with Crippen LogP contribution in [0.5, 0.6) is 0 Å². The second-order valence-corrected chi connectivity index (χ2v) is 3.98. The van der Waals surface area contributed by atoms with Crippen molar-refractivity contribution >= 4 is 18.3 Å². The second kappa shape index (κ2) is 9.72. The largest absolute Gasteiger partial charge is 0.383 e. The number of hydrogen-bond donors (Lipinski definition) is 2. The van der Waals surface area contributed by atoms with Crippen LogP contribution >= 0.6 is 12.4 Å². The summed E-state index contributed by atoms with van der Waals surface area (Å²) in [6.07, 6.45) is 0. The lowest BCUT2D eigenvalue weighted by atomic mass is 10.1. The molecule has 4 nitrogen and oxygen atoms in total. The third kappa shape index (κ3) is 6.52. The third-order valence-corrected chi connectivity index (χ3v) is 2.44. The zero-order chi connectivity index (χ0) is 13.4. The van der Waals surface area contributed by atoms with Gasteiger partial charge in [-0.25, -0.2) is 4.39 Å². The lowest BCUT2D eigenvalue weighted by molar-refractivity contribution is 0.0949. The van der Waals surface area contributed by atoms with E-state index in [1.807, 2.05) is 0 Å². The highest BCUT2D eigenvalue weighted by Gasteiger charge is 2.10. The van der Waals surface area contributed by atoms with Crippen LogP contribution in [0.3, 0.4) is 0 Å². The van der Waals surface area contributed by atoms with Gasteiger partial charge in [0.1, 0.15) is 5.82 Å². The molecule has 6 heteroatoms. The first-order valence-corrected chi connectivity index (χ1v) is 5.89. The van der Waals surface area contributed by atoms with Crippen LogP contribution in [0.2, 0.25) is 0 Å². The van der Waals surface area contributed by atoms with Crippen LogP contribution in [-0.2, 0) is 4.74 Å². The highest BCUT2D eigenvalue weighted by molar-refractivity contribution is 5.94. The quantitative estimate of drug-likeness (QED) is 0.749. The molecule has 0 saturated carbocycles. The Morgan fingerprint density at radius 2 is 2.05 bits per heavy atom. The minimum absolute atomic E-state index is 0. The van der Waals surface area contributed by atoms with Gasteiger partial charge in [0.25, 0.3) is 5.91 Å². The van der Waals surface area contributed by atoms with E-state index in [9.17, 15) is 9.18 Å². The van der Waals surface area contributed by atoms with Gasteiger partial charge >= 0.3 is 0 Å². The van der Waals surface area contributed by atoms with Crippen molar-refractivity contribution in [3.8, 4) is 0 Å². The van der Waals surface area contributed by atoms with Crippen molar-refractivity contribution in [1.82, 2.24) is 10.6 Å². The van der Waals surface area contributed by atoms with Crippen LogP contribution in [0, 0.1) is 12.7 Å². The first kappa shape index (κ1) is 17.8. The minimum atomic E-state index is -0.486. The van der Waals surface area contributed by atoms with Gasteiger partial charge in [0.2, 0.25) is 0 Å². The van der Waals surface area contributed by atoms with Gasteiger partial charge in [-0.3, -0.25) is 4.79 Å². The van der Waals surface area contributed by atoms with E-state index in [1.54, 1.807) is 20.1 Å². The molecule has 0 radical (unpaired) electrons. The summed E-state index contributed by atoms with van der Waals surface area (Å²) in [6, 6.07) is 4.57. The van der Waals surface area contributed by atoms with Crippen molar-refractivity contribution in [2.24, 2.45) is 0 Å². The number of benzene rings is 1. The molecular weight excluding hydrogens is 271 g/mol. The molecule has 2 N–H and O–H groups in total. The Hall–Kier alpha value is -1.17. The molecule has 108 valence electrons. The van der Waals surface area contributed by atoms with E-state index in [1.165, 1.54) is 12.1 Å². The Morgan fingerprint density at radius 1 is 1.32 bits per heavy atom. The predicted molar refractivity (Wildman–Crippen MR) is 75.5 cm³/mol. The van der Waals surface area contributed by atoms with Gasteiger partial charge in [-0.2, -0.15) is 0 Å². The summed E-state index contributed by atoms with van der Waals surface area (Å²) in [6.45, 7) is 4.22. The Balaban J connectivity index is 0.00000324. The number of carbonyl (C=O) groups is 1. The average molecular weight is 291 g/mol. The maximum absolute atomic E-state index is 13.5. The zero-order valence-corrected chi connectivity index (χ0v) is 12.0. The van der Waals surface area contributed by atoms with Gasteiger partial charge < -0.3 is 15.4 Å². The SMILES string of the molecule is COCCNCCNC(=O)c1ccc(C)cc1F.Cl. The number of amides is 1. The molecule has 0 unspecified atom stereocenters. The number of ether oxygens (including phenoxy) is 1. The molecule has 1 rings (SSSR count). The van der Waals surface area contributed by atoms with Crippen molar-refractivity contribution in [3.05, 3.63) is 35.1 Å². The smallest absolute Gasteiger partial charge is 0.254 e. The van der Waals surface area contributed by atoms with E-state index in [0.29, 0.717) is 19.7 Å². The van der Waals surface area contributed by atoms with E-state index >= 15 is 0 Å². The molecular formula is C13H20ClFN2O2. The summed E-state index contributed by atoms with van der Waals surface area (Å²) in [5, 5.41) is 5.74. The molecule has 0 heterocycles. The van der Waals surface area contributed by atoms with Gasteiger partial charge in [-0.15, -0.1) is 12.4 Å². The van der Waals surface area contributed by atoms with Gasteiger partial charge in [0.15, 0.2) is 0 Å². The number of hydrogen-bond acceptors (Lipinski definition) is 3. The van der Waals surface area contributed by atoms with Crippen LogP contribution in [-0.4, -0.2) is 39.3 Å². The number of carbonyl (C=O) groups excluding carboxylic acids is 1. The summed E-state index contributed by atoms with van der Waals surface area (Å²) < 4.78 is 18.3. The molecule has 0 aromatic heterocycles. The van der Waals surface area contributed by atoms with Crippen molar-refractivity contribution in [2.45, 2.75) is 6.92 Å². The average Bonchev–Trinajstić information content (AvgIpc) is 2.33. The monoisotopic (exact) mass is 290 g/mol. The van der Waals surface area contributed by atoms with Crippen molar-refractivity contribution < 1.29 is 13.9 Å². The maximum atomic E-state index is 13.5. The third-order valence-electron chi connectivity index (χ3n) is 2.44. The van der Waals surface area contributed by atoms with Crippen LogP contribution in [0.4, 0.5) is 4.39 Å². The molecule has 1 amide bonds. The summed E-state index contributed by atoms with van der Waals surface area (Å²) in [7, 11) is 1.63. The second-order valence-electron chi connectivity index (χ2n) is 3.98. The molecule has 1 aromatic carbocycles. The van der Waals surface area contributed by atoms with Crippen molar-refractivity contribution in [2.75, 3.05) is 33.4 Å². The van der Waals surface area contributed by atoms with Gasteiger partial charge in [0.05, 0.1) is 12.2 Å². The lowest BCUT2D eigenvalue weighted by Gasteiger charge is -2.07. The standard InChI is InChI=1S/C13H19FN2O2.ClH/c1-10-3-4-11(12(14)9-10)13(17)16-6-5-15-7-8-18-2;/h3-4,9,15H,5-8H2,1-2H3,(H,16,17);1H. The Kier molecular flexibility index (Phi) is 9.12. The molecule has 19 heavy (non-hydrogen) atoms. The summed E-state index contributed by atoms with van der Waals surface area (Å²) in [4.78, 5) is 11.7. The number of aryl methyl sites for hydroxylation is 1. The summed E-state index contributed by atoms with van der Waals surface area (Å²) in [5.41, 5.74) is 0.878. The Labute approximate surface area is 119 Å². The molecule has 0 bridgehead atoms. The maximum Gasteiger partial charge on any atom is 0.254 e. The van der Waals surface area contributed by atoms with Crippen molar-refractivity contribution in [1.29, 1.82) is 0 Å². The van der Waals surface area contributed by atoms with Crippen LogP contribution in [0.25, 0.3) is 0 Å². The molecule has 0 spiro atoms. The normalized spacial score (nSPS) is 9.84. The first-order chi connectivity index (χ1) is 8.65. The van der Waals surface area contributed by atoms with Crippen LogP contribution in [0.15, 0.2) is 18.2 Å². The van der Waals surface area contributed by atoms with E-state index in [-0.39, 0.29) is 23.9 Å². The molecule has 0 saturated heterocycles. The number of nitrogens with one attached hydrogen (secondary N) is 2. The van der Waals surface area contributed by atoms with Gasteiger partial charge in [0, 0.05) is 26.7 Å². The van der Waals surface area contributed by atoms with E-state index in [0.717, 1.165) is 12.1 Å². The van der Waals surface area contributed by atoms with Gasteiger partial charge in [-0.05, 0) is 24.6 Å². The number of rotatable bonds is 7. The van der Waals surface area contributed by atoms with Crippen LogP contribution in [0.1, 0.15) is 15.9 Å². The fraction of sp³-hybridized carbons (Fsp3) is 0.462. The first-order valence-electron chi connectivity index (χ1n) is 5.89. The fourth-order valence-electron chi connectivity index (χ4n) is 1.46. The molecule has 0 fully saturated rings. The highest BCUT2D eigenvalue weighted by atomic mass is 35.5. The predicted octanol–water partition coefficient (Wildman–Crippen LogP) is 1.52. The summed E-state index contributed by atoms with van der Waals surface area (Å²) >= 11 is 0. The summed E-state index contributed by atoms with van der Waals surface area (Å²) in [5.74, 6) is -0.874. The molecule has 0 aliphatic rings. The molecule has 1 aromatic rings. The Bertz CT molecular complexity index is 402. The van der Waals surface area contributed by atoms with Crippen LogP contribution < -0.4 is 10.6 Å². The lowest BCUT2D eigenvalue weighted by Crippen LogP contribution is -2.33. The topological polar surface area (TPSA) is 50.4 Å². The van der Waals surface area contributed by atoms with E-state index < -0.39 is 5.82 Å². The molecule has 0 atom stereocenters. The molecule has 0 aliphatic heterocycles.